The second-order valence-electron chi connectivity index (χ2n) is 2.48. The number of phenols is 1. The van der Waals surface area contributed by atoms with Crippen molar-refractivity contribution in [1.29, 1.82) is 0 Å². The van der Waals surface area contributed by atoms with Crippen molar-refractivity contribution in [1.82, 2.24) is 0 Å². The van der Waals surface area contributed by atoms with Crippen molar-refractivity contribution in [2.24, 2.45) is 0 Å². The van der Waals surface area contributed by atoms with Gasteiger partial charge in [0.1, 0.15) is 5.75 Å². The summed E-state index contributed by atoms with van der Waals surface area (Å²) in [6.07, 6.45) is 0. The summed E-state index contributed by atoms with van der Waals surface area (Å²) in [4.78, 5) is 0. The van der Waals surface area contributed by atoms with Crippen molar-refractivity contribution in [2.45, 2.75) is 0 Å². The third kappa shape index (κ3) is 6.84. The van der Waals surface area contributed by atoms with Crippen LogP contribution in [0.4, 0.5) is 0 Å². The van der Waals surface area contributed by atoms with Gasteiger partial charge in [-0.2, -0.15) is 0 Å². The molecule has 10 heteroatoms. The molecule has 17 heavy (non-hydrogen) atoms. The molecule has 0 aliphatic heterocycles. The van der Waals surface area contributed by atoms with Crippen LogP contribution in [-0.2, 0) is 16.5 Å². The van der Waals surface area contributed by atoms with E-state index < -0.39 is 0 Å². The van der Waals surface area contributed by atoms with Gasteiger partial charge in [-0.15, -0.1) is 0 Å². The molecular formula is C7H6O5Si5. The topological polar surface area (TPSA) is 57.2 Å². The number of rotatable bonds is 8. The first kappa shape index (κ1) is 14.7. The van der Waals surface area contributed by atoms with Crippen LogP contribution >= 0.6 is 0 Å². The highest BCUT2D eigenvalue weighted by atomic mass is 28.4. The van der Waals surface area contributed by atoms with Crippen LogP contribution in [0, 0.1) is 0 Å². The highest BCUT2D eigenvalue weighted by Gasteiger charge is 1.98. The van der Waals surface area contributed by atoms with Gasteiger partial charge in [-0.25, -0.2) is 0 Å². The predicted octanol–water partition coefficient (Wildman–Crippen LogP) is -1.09. The lowest BCUT2D eigenvalue weighted by Gasteiger charge is -1.99. The van der Waals surface area contributed by atoms with Crippen molar-refractivity contribution in [3.8, 4) is 5.75 Å². The van der Waals surface area contributed by atoms with Crippen molar-refractivity contribution in [3.63, 3.8) is 0 Å². The summed E-state index contributed by atoms with van der Waals surface area (Å²) < 4.78 is 19.7. The number of para-hydroxylation sites is 1. The Hall–Kier alpha value is -0.346. The van der Waals surface area contributed by atoms with Crippen LogP contribution in [0.5, 0.6) is 5.75 Å². The fraction of sp³-hybridized carbons (Fsp3) is 0. The van der Waals surface area contributed by atoms with Gasteiger partial charge in [-0.3, -0.25) is 0 Å². The zero-order chi connectivity index (χ0) is 12.3. The van der Waals surface area contributed by atoms with Crippen molar-refractivity contribution in [3.05, 3.63) is 29.8 Å². The molecule has 0 unspecified atom stereocenters. The average Bonchev–Trinajstić information content (AvgIpc) is 2.35. The summed E-state index contributed by atoms with van der Waals surface area (Å²) >= 11 is 0. The Labute approximate surface area is 113 Å². The molecular weight excluding hydrogens is 305 g/mol. The van der Waals surface area contributed by atoms with Gasteiger partial charge < -0.3 is 21.6 Å². The number of phenolic OH excluding ortho intramolecular Hbond substituents is 1. The Bertz CT molecular complexity index is 349. The highest BCUT2D eigenvalue weighted by molar-refractivity contribution is 6.52. The normalized spacial score (nSPS) is 10.9. The first-order valence-corrected chi connectivity index (χ1v) is 8.10. The highest BCUT2D eigenvalue weighted by Crippen LogP contribution is 2.11. The molecule has 0 saturated heterocycles. The molecule has 0 spiro atoms. The predicted molar refractivity (Wildman–Crippen MR) is 66.4 cm³/mol. The van der Waals surface area contributed by atoms with E-state index >= 15 is 0 Å². The summed E-state index contributed by atoms with van der Waals surface area (Å²) in [5.41, 5.74) is 2.56. The minimum absolute atomic E-state index is 0.0859. The molecule has 0 atom stereocenters. The summed E-state index contributed by atoms with van der Waals surface area (Å²) in [6.45, 7) is 0. The lowest BCUT2D eigenvalue weighted by Crippen LogP contribution is -2.15. The molecule has 0 saturated carbocycles. The van der Waals surface area contributed by atoms with Crippen LogP contribution in [0.1, 0.15) is 5.56 Å². The Morgan fingerprint density at radius 2 is 1.76 bits per heavy atom. The van der Waals surface area contributed by atoms with Gasteiger partial charge in [0.05, 0.1) is 0 Å². The van der Waals surface area contributed by atoms with Gasteiger partial charge >= 0.3 is 30.0 Å². The first-order valence-electron chi connectivity index (χ1n) is 4.26. The van der Waals surface area contributed by atoms with E-state index in [4.69, 9.17) is 12.3 Å². The Balaban J connectivity index is 2.12. The molecule has 0 aliphatic rings. The molecule has 0 aliphatic carbocycles. The minimum Gasteiger partial charge on any atom is -0.582 e. The maximum absolute atomic E-state index is 9.46. The number of hydrogen-bond donors (Lipinski definition) is 1. The molecule has 0 aromatic heterocycles. The second kappa shape index (κ2) is 9.66. The van der Waals surface area contributed by atoms with E-state index in [2.05, 4.69) is 14.6 Å². The number of benzene rings is 1. The standard InChI is InChI=1S/C7H6O5Si5/c8-7-4-2-1-3-6(7)5-14-10-16-12-17-11-15-9-13/h1-5,8H. The zero-order valence-corrected chi connectivity index (χ0v) is 13.5. The Kier molecular flexibility index (Phi) is 8.36. The van der Waals surface area contributed by atoms with E-state index in [1.165, 1.54) is 0 Å². The number of hydrogen-bond acceptors (Lipinski definition) is 5. The molecule has 0 amide bonds. The summed E-state index contributed by atoms with van der Waals surface area (Å²) in [5, 5.41) is 9.46. The maximum atomic E-state index is 9.46. The zero-order valence-electron chi connectivity index (χ0n) is 8.47. The molecule has 1 N–H and O–H groups in total. The Morgan fingerprint density at radius 3 is 2.53 bits per heavy atom. The van der Waals surface area contributed by atoms with Crippen molar-refractivity contribution >= 4 is 55.6 Å². The Morgan fingerprint density at radius 1 is 1.06 bits per heavy atom. The van der Waals surface area contributed by atoms with E-state index in [9.17, 15) is 5.11 Å². The first-order chi connectivity index (χ1) is 8.34. The summed E-state index contributed by atoms with van der Waals surface area (Å²) in [6, 6.07) is 7.07. The average molecular weight is 311 g/mol. The van der Waals surface area contributed by atoms with Crippen molar-refractivity contribution < 1.29 is 21.6 Å². The lowest BCUT2D eigenvalue weighted by atomic mass is 10.2. The second-order valence-corrected chi connectivity index (χ2v) is 6.77. The molecule has 1 aromatic carbocycles. The minimum atomic E-state index is -0.101. The van der Waals surface area contributed by atoms with Crippen molar-refractivity contribution in [2.75, 3.05) is 0 Å². The van der Waals surface area contributed by atoms with E-state index in [1.807, 2.05) is 12.1 Å². The van der Waals surface area contributed by atoms with Crippen LogP contribution in [0.3, 0.4) is 0 Å². The fourth-order valence-corrected chi connectivity index (χ4v) is 3.52. The van der Waals surface area contributed by atoms with Gasteiger partial charge in [-0.1, -0.05) is 18.2 Å². The van der Waals surface area contributed by atoms with Gasteiger partial charge in [0.15, 0.2) is 0 Å². The maximum Gasteiger partial charge on any atom is 0.494 e. The molecule has 84 valence electrons. The van der Waals surface area contributed by atoms with Crippen LogP contribution in [0.2, 0.25) is 0 Å². The van der Waals surface area contributed by atoms with Gasteiger partial charge in [0.2, 0.25) is 10.5 Å². The third-order valence-electron chi connectivity index (χ3n) is 1.46. The summed E-state index contributed by atoms with van der Waals surface area (Å²) in [7, 11) is 2.66. The number of aromatic hydroxyl groups is 1. The van der Waals surface area contributed by atoms with Gasteiger partial charge in [-0.05, 0) is 11.7 Å². The van der Waals surface area contributed by atoms with Gasteiger partial charge in [0, 0.05) is 5.56 Å². The largest absolute Gasteiger partial charge is 0.582 e. The van der Waals surface area contributed by atoms with Crippen LogP contribution in [0.15, 0.2) is 24.3 Å². The van der Waals surface area contributed by atoms with E-state index in [0.717, 1.165) is 5.56 Å². The molecule has 10 radical (unpaired) electrons. The smallest absolute Gasteiger partial charge is 0.494 e. The van der Waals surface area contributed by atoms with Crippen LogP contribution < -0.4 is 0 Å². The fourth-order valence-electron chi connectivity index (χ4n) is 0.823. The van der Waals surface area contributed by atoms with Gasteiger partial charge in [0.25, 0.3) is 9.38 Å². The quantitative estimate of drug-likeness (QED) is 0.489. The SMILES string of the molecule is Oc1ccccc1C=[Si]O[Si]O[Si]O[Si]O[Si]. The van der Waals surface area contributed by atoms with Crippen LogP contribution in [0.25, 0.3) is 0 Å². The van der Waals surface area contributed by atoms with E-state index in [-0.39, 0.29) is 45.1 Å². The molecule has 0 heterocycles. The van der Waals surface area contributed by atoms with E-state index in [0.29, 0.717) is 0 Å². The molecule has 0 bridgehead atoms. The lowest BCUT2D eigenvalue weighted by molar-refractivity contribution is 0.409. The molecule has 1 aromatic rings. The summed E-state index contributed by atoms with van der Waals surface area (Å²) in [5.74, 6) is 0.244. The van der Waals surface area contributed by atoms with Crippen LogP contribution in [-0.4, -0.2) is 60.7 Å². The molecule has 0 fully saturated rings. The monoisotopic (exact) mass is 310 g/mol. The van der Waals surface area contributed by atoms with E-state index in [1.54, 1.807) is 17.8 Å². The third-order valence-corrected chi connectivity index (χ3v) is 4.36. The molecule has 5 nitrogen and oxygen atoms in total. The molecule has 1 rings (SSSR count).